The summed E-state index contributed by atoms with van der Waals surface area (Å²) in [7, 11) is 0. The molecule has 2 aliphatic rings. The summed E-state index contributed by atoms with van der Waals surface area (Å²) in [5, 5.41) is 3.02. The predicted octanol–water partition coefficient (Wildman–Crippen LogP) is 3.48. The standard InChI is InChI=1S/C20H29N3O3/c1-2-26-20(25)23-14-10-16(11-15-23)19(24)21-17-6-8-18(9-7-17)22-12-4-3-5-13-22/h6-9,16H,2-5,10-15H2,1H3,(H,21,24). The zero-order valence-corrected chi connectivity index (χ0v) is 15.6. The summed E-state index contributed by atoms with van der Waals surface area (Å²) in [6, 6.07) is 8.14. The Morgan fingerprint density at radius 3 is 2.31 bits per heavy atom. The second kappa shape index (κ2) is 8.92. The van der Waals surface area contributed by atoms with Crippen LogP contribution in [0.15, 0.2) is 24.3 Å². The third kappa shape index (κ3) is 4.68. The van der Waals surface area contributed by atoms with Crippen molar-refractivity contribution in [3.63, 3.8) is 0 Å². The zero-order chi connectivity index (χ0) is 18.4. The molecule has 2 heterocycles. The minimum atomic E-state index is -0.278. The highest BCUT2D eigenvalue weighted by Gasteiger charge is 2.28. The molecule has 0 atom stereocenters. The molecule has 6 nitrogen and oxygen atoms in total. The van der Waals surface area contributed by atoms with E-state index in [9.17, 15) is 9.59 Å². The molecule has 0 aromatic heterocycles. The van der Waals surface area contributed by atoms with Gasteiger partial charge >= 0.3 is 6.09 Å². The van der Waals surface area contributed by atoms with Crippen LogP contribution in [0, 0.1) is 5.92 Å². The number of anilines is 2. The van der Waals surface area contributed by atoms with Crippen molar-refractivity contribution in [1.29, 1.82) is 0 Å². The van der Waals surface area contributed by atoms with Gasteiger partial charge in [0.05, 0.1) is 6.61 Å². The SMILES string of the molecule is CCOC(=O)N1CCC(C(=O)Nc2ccc(N3CCCCC3)cc2)CC1. The number of hydrogen-bond donors (Lipinski definition) is 1. The predicted molar refractivity (Wildman–Crippen MR) is 102 cm³/mol. The maximum Gasteiger partial charge on any atom is 0.409 e. The van der Waals surface area contributed by atoms with E-state index in [0.29, 0.717) is 32.5 Å². The summed E-state index contributed by atoms with van der Waals surface area (Å²) < 4.78 is 5.02. The van der Waals surface area contributed by atoms with Crippen LogP contribution in [-0.2, 0) is 9.53 Å². The highest BCUT2D eigenvalue weighted by Crippen LogP contribution is 2.23. The molecule has 142 valence electrons. The van der Waals surface area contributed by atoms with Crippen molar-refractivity contribution in [2.24, 2.45) is 5.92 Å². The largest absolute Gasteiger partial charge is 0.450 e. The van der Waals surface area contributed by atoms with Crippen LogP contribution < -0.4 is 10.2 Å². The van der Waals surface area contributed by atoms with Crippen LogP contribution in [-0.4, -0.2) is 49.7 Å². The number of ether oxygens (including phenoxy) is 1. The van der Waals surface area contributed by atoms with Crippen molar-refractivity contribution in [3.8, 4) is 0 Å². The van der Waals surface area contributed by atoms with Crippen LogP contribution in [0.1, 0.15) is 39.0 Å². The zero-order valence-electron chi connectivity index (χ0n) is 15.6. The van der Waals surface area contributed by atoms with Gasteiger partial charge in [-0.05, 0) is 63.3 Å². The van der Waals surface area contributed by atoms with Crippen LogP contribution in [0.25, 0.3) is 0 Å². The molecule has 0 radical (unpaired) electrons. The Labute approximate surface area is 155 Å². The van der Waals surface area contributed by atoms with Crippen molar-refractivity contribution >= 4 is 23.4 Å². The normalized spacial score (nSPS) is 18.5. The Balaban J connectivity index is 1.48. The van der Waals surface area contributed by atoms with Crippen LogP contribution >= 0.6 is 0 Å². The van der Waals surface area contributed by atoms with Crippen molar-refractivity contribution < 1.29 is 14.3 Å². The molecule has 0 saturated carbocycles. The molecular formula is C20H29N3O3. The number of rotatable bonds is 4. The van der Waals surface area contributed by atoms with Gasteiger partial charge in [0.25, 0.3) is 0 Å². The highest BCUT2D eigenvalue weighted by atomic mass is 16.6. The molecule has 0 spiro atoms. The summed E-state index contributed by atoms with van der Waals surface area (Å²) >= 11 is 0. The summed E-state index contributed by atoms with van der Waals surface area (Å²) in [4.78, 5) is 28.3. The van der Waals surface area contributed by atoms with E-state index in [4.69, 9.17) is 4.74 Å². The second-order valence-corrected chi connectivity index (χ2v) is 7.04. The number of likely N-dealkylation sites (tertiary alicyclic amines) is 1. The van der Waals surface area contributed by atoms with E-state index in [1.54, 1.807) is 11.8 Å². The molecule has 2 fully saturated rings. The van der Waals surface area contributed by atoms with E-state index in [-0.39, 0.29) is 17.9 Å². The van der Waals surface area contributed by atoms with Gasteiger partial charge in [0.2, 0.25) is 5.91 Å². The van der Waals surface area contributed by atoms with Gasteiger partial charge in [-0.2, -0.15) is 0 Å². The van der Waals surface area contributed by atoms with Gasteiger partial charge in [-0.25, -0.2) is 4.79 Å². The number of carbonyl (C=O) groups is 2. The number of nitrogens with one attached hydrogen (secondary N) is 1. The Bertz CT molecular complexity index is 603. The minimum Gasteiger partial charge on any atom is -0.450 e. The smallest absolute Gasteiger partial charge is 0.409 e. The third-order valence-corrected chi connectivity index (χ3v) is 5.25. The maximum absolute atomic E-state index is 12.5. The lowest BCUT2D eigenvalue weighted by atomic mass is 9.96. The van der Waals surface area contributed by atoms with E-state index in [1.165, 1.54) is 24.9 Å². The monoisotopic (exact) mass is 359 g/mol. The molecule has 2 aliphatic heterocycles. The van der Waals surface area contributed by atoms with Crippen molar-refractivity contribution in [2.45, 2.75) is 39.0 Å². The molecule has 3 rings (SSSR count). The van der Waals surface area contributed by atoms with Crippen molar-refractivity contribution in [2.75, 3.05) is 43.0 Å². The van der Waals surface area contributed by atoms with Gasteiger partial charge in [0.15, 0.2) is 0 Å². The first-order valence-corrected chi connectivity index (χ1v) is 9.75. The molecule has 0 bridgehead atoms. The molecule has 1 N–H and O–H groups in total. The first-order chi connectivity index (χ1) is 12.7. The highest BCUT2D eigenvalue weighted by molar-refractivity contribution is 5.92. The number of nitrogens with zero attached hydrogens (tertiary/aromatic N) is 2. The van der Waals surface area contributed by atoms with E-state index < -0.39 is 0 Å². The summed E-state index contributed by atoms with van der Waals surface area (Å²) in [6.45, 7) is 5.56. The Morgan fingerprint density at radius 2 is 1.69 bits per heavy atom. The Kier molecular flexibility index (Phi) is 6.36. The van der Waals surface area contributed by atoms with Crippen molar-refractivity contribution in [3.05, 3.63) is 24.3 Å². The van der Waals surface area contributed by atoms with Crippen LogP contribution in [0.2, 0.25) is 0 Å². The fourth-order valence-electron chi connectivity index (χ4n) is 3.69. The van der Waals surface area contributed by atoms with Crippen LogP contribution in [0.3, 0.4) is 0 Å². The minimum absolute atomic E-state index is 0.0410. The Morgan fingerprint density at radius 1 is 1.04 bits per heavy atom. The fraction of sp³-hybridized carbons (Fsp3) is 0.600. The molecule has 1 aromatic carbocycles. The maximum atomic E-state index is 12.5. The number of piperidine rings is 2. The molecule has 26 heavy (non-hydrogen) atoms. The van der Waals surface area contributed by atoms with E-state index >= 15 is 0 Å². The average molecular weight is 359 g/mol. The van der Waals surface area contributed by atoms with Gasteiger partial charge < -0.3 is 19.9 Å². The number of benzene rings is 1. The molecule has 2 amide bonds. The summed E-state index contributed by atoms with van der Waals surface area (Å²) in [5.41, 5.74) is 2.06. The average Bonchev–Trinajstić information content (AvgIpc) is 2.69. The van der Waals surface area contributed by atoms with Gasteiger partial charge in [-0.3, -0.25) is 4.79 Å². The quantitative estimate of drug-likeness (QED) is 0.894. The summed E-state index contributed by atoms with van der Waals surface area (Å²) in [5.74, 6) is -0.0123. The molecule has 0 unspecified atom stereocenters. The molecule has 6 heteroatoms. The van der Waals surface area contributed by atoms with Gasteiger partial charge in [0, 0.05) is 43.5 Å². The summed E-state index contributed by atoms with van der Waals surface area (Å²) in [6.07, 6.45) is 4.90. The van der Waals surface area contributed by atoms with E-state index in [0.717, 1.165) is 18.8 Å². The topological polar surface area (TPSA) is 61.9 Å². The van der Waals surface area contributed by atoms with E-state index in [2.05, 4.69) is 22.3 Å². The van der Waals surface area contributed by atoms with Gasteiger partial charge in [0.1, 0.15) is 0 Å². The molecule has 0 aliphatic carbocycles. The van der Waals surface area contributed by atoms with Crippen molar-refractivity contribution in [1.82, 2.24) is 4.90 Å². The van der Waals surface area contributed by atoms with Crippen LogP contribution in [0.5, 0.6) is 0 Å². The first kappa shape index (κ1) is 18.5. The van der Waals surface area contributed by atoms with Gasteiger partial charge in [-0.15, -0.1) is 0 Å². The lowest BCUT2D eigenvalue weighted by Gasteiger charge is -2.30. The molecule has 2 saturated heterocycles. The Hall–Kier alpha value is -2.24. The van der Waals surface area contributed by atoms with Gasteiger partial charge in [-0.1, -0.05) is 0 Å². The number of hydrogen-bond acceptors (Lipinski definition) is 4. The molecular weight excluding hydrogens is 330 g/mol. The third-order valence-electron chi connectivity index (χ3n) is 5.25. The number of amides is 2. The van der Waals surface area contributed by atoms with Crippen LogP contribution in [0.4, 0.5) is 16.2 Å². The number of carbonyl (C=O) groups excluding carboxylic acids is 2. The fourth-order valence-corrected chi connectivity index (χ4v) is 3.69. The first-order valence-electron chi connectivity index (χ1n) is 9.75. The lowest BCUT2D eigenvalue weighted by Crippen LogP contribution is -2.41. The molecule has 1 aromatic rings. The lowest BCUT2D eigenvalue weighted by molar-refractivity contribution is -0.121. The van der Waals surface area contributed by atoms with E-state index in [1.807, 2.05) is 12.1 Å². The second-order valence-electron chi connectivity index (χ2n) is 7.04.